The van der Waals surface area contributed by atoms with Crippen molar-refractivity contribution < 1.29 is 5.11 Å². The fourth-order valence-corrected chi connectivity index (χ4v) is 1.60. The van der Waals surface area contributed by atoms with Crippen molar-refractivity contribution in [2.24, 2.45) is 5.92 Å². The van der Waals surface area contributed by atoms with Gasteiger partial charge in [0, 0.05) is 25.0 Å². The zero-order valence-electron chi connectivity index (χ0n) is 9.64. The van der Waals surface area contributed by atoms with Crippen molar-refractivity contribution in [3.63, 3.8) is 0 Å². The molecule has 1 unspecified atom stereocenters. The van der Waals surface area contributed by atoms with Crippen molar-refractivity contribution in [3.05, 3.63) is 30.1 Å². The fourth-order valence-electron chi connectivity index (χ4n) is 1.60. The molecule has 0 fully saturated rings. The predicted octanol–water partition coefficient (Wildman–Crippen LogP) is 1.75. The van der Waals surface area contributed by atoms with Crippen LogP contribution in [0.25, 0.3) is 0 Å². The van der Waals surface area contributed by atoms with Gasteiger partial charge in [0.05, 0.1) is 6.10 Å². The predicted molar refractivity (Wildman–Crippen MR) is 61.5 cm³/mol. The lowest BCUT2D eigenvalue weighted by atomic mass is 9.97. The van der Waals surface area contributed by atoms with E-state index in [0.29, 0.717) is 12.5 Å². The summed E-state index contributed by atoms with van der Waals surface area (Å²) in [6, 6.07) is 4.26. The van der Waals surface area contributed by atoms with Crippen LogP contribution in [0.15, 0.2) is 24.5 Å². The summed E-state index contributed by atoms with van der Waals surface area (Å²) in [5.41, 5.74) is 1.17. The van der Waals surface area contributed by atoms with E-state index in [-0.39, 0.29) is 12.1 Å². The first kappa shape index (κ1) is 12.1. The number of rotatable bonds is 5. The van der Waals surface area contributed by atoms with Crippen molar-refractivity contribution in [1.82, 2.24) is 10.3 Å². The van der Waals surface area contributed by atoms with E-state index in [9.17, 15) is 5.11 Å². The monoisotopic (exact) mass is 208 g/mol. The SMILES string of the molecule is CC(C)C(NC[C@H](C)O)c1cccnc1. The van der Waals surface area contributed by atoms with Crippen LogP contribution < -0.4 is 5.32 Å². The van der Waals surface area contributed by atoms with Gasteiger partial charge in [0.15, 0.2) is 0 Å². The topological polar surface area (TPSA) is 45.1 Å². The first-order chi connectivity index (χ1) is 7.11. The van der Waals surface area contributed by atoms with Crippen LogP contribution in [-0.4, -0.2) is 22.7 Å². The number of hydrogen-bond donors (Lipinski definition) is 2. The van der Waals surface area contributed by atoms with Gasteiger partial charge in [0.25, 0.3) is 0 Å². The highest BCUT2D eigenvalue weighted by molar-refractivity contribution is 5.14. The van der Waals surface area contributed by atoms with Crippen molar-refractivity contribution in [2.45, 2.75) is 32.9 Å². The van der Waals surface area contributed by atoms with E-state index in [1.165, 1.54) is 5.56 Å². The van der Waals surface area contributed by atoms with Crippen molar-refractivity contribution in [2.75, 3.05) is 6.54 Å². The Morgan fingerprint density at radius 2 is 2.13 bits per heavy atom. The molecule has 0 bridgehead atoms. The highest BCUT2D eigenvalue weighted by Crippen LogP contribution is 2.20. The molecular weight excluding hydrogens is 188 g/mol. The maximum absolute atomic E-state index is 9.25. The zero-order chi connectivity index (χ0) is 11.3. The first-order valence-electron chi connectivity index (χ1n) is 5.42. The summed E-state index contributed by atoms with van der Waals surface area (Å²) in [7, 11) is 0. The molecule has 1 rings (SSSR count). The Kier molecular flexibility index (Phi) is 4.72. The molecular formula is C12H20N2O. The molecule has 15 heavy (non-hydrogen) atoms. The molecule has 0 aliphatic carbocycles. The highest BCUT2D eigenvalue weighted by Gasteiger charge is 2.15. The van der Waals surface area contributed by atoms with Crippen LogP contribution in [0.5, 0.6) is 0 Å². The summed E-state index contributed by atoms with van der Waals surface area (Å²) in [6.45, 7) is 6.71. The van der Waals surface area contributed by atoms with Crippen molar-refractivity contribution in [3.8, 4) is 0 Å². The van der Waals surface area contributed by atoms with E-state index in [1.54, 1.807) is 13.1 Å². The number of hydrogen-bond acceptors (Lipinski definition) is 3. The molecule has 0 saturated heterocycles. The molecule has 0 aliphatic rings. The minimum Gasteiger partial charge on any atom is -0.392 e. The third-order valence-electron chi connectivity index (χ3n) is 2.34. The van der Waals surface area contributed by atoms with E-state index in [2.05, 4.69) is 30.2 Å². The van der Waals surface area contributed by atoms with Gasteiger partial charge in [-0.2, -0.15) is 0 Å². The van der Waals surface area contributed by atoms with Gasteiger partial charge in [-0.3, -0.25) is 4.98 Å². The molecule has 0 aliphatic heterocycles. The van der Waals surface area contributed by atoms with Gasteiger partial charge < -0.3 is 10.4 Å². The van der Waals surface area contributed by atoms with E-state index in [4.69, 9.17) is 0 Å². The molecule has 3 nitrogen and oxygen atoms in total. The minimum atomic E-state index is -0.317. The summed E-state index contributed by atoms with van der Waals surface area (Å²) in [5.74, 6) is 0.480. The van der Waals surface area contributed by atoms with Crippen LogP contribution in [0.4, 0.5) is 0 Å². The summed E-state index contributed by atoms with van der Waals surface area (Å²) in [5, 5.41) is 12.6. The largest absolute Gasteiger partial charge is 0.392 e. The number of nitrogens with one attached hydrogen (secondary N) is 1. The van der Waals surface area contributed by atoms with E-state index in [1.807, 2.05) is 12.3 Å². The molecule has 2 N–H and O–H groups in total. The molecule has 1 heterocycles. The molecule has 0 aromatic carbocycles. The van der Waals surface area contributed by atoms with Crippen LogP contribution in [0, 0.1) is 5.92 Å². The summed E-state index contributed by atoms with van der Waals surface area (Å²) in [4.78, 5) is 4.11. The molecule has 3 heteroatoms. The standard InChI is InChI=1S/C12H20N2O/c1-9(2)12(14-7-10(3)15)11-5-4-6-13-8-11/h4-6,8-10,12,14-15H,7H2,1-3H3/t10-,12?/m0/s1. The lowest BCUT2D eigenvalue weighted by molar-refractivity contribution is 0.181. The van der Waals surface area contributed by atoms with E-state index < -0.39 is 0 Å². The average Bonchev–Trinajstić information content (AvgIpc) is 2.18. The van der Waals surface area contributed by atoms with Crippen molar-refractivity contribution >= 4 is 0 Å². The molecule has 2 atom stereocenters. The second kappa shape index (κ2) is 5.83. The normalized spacial score (nSPS) is 15.3. The highest BCUT2D eigenvalue weighted by atomic mass is 16.3. The summed E-state index contributed by atoms with van der Waals surface area (Å²) in [6.07, 6.45) is 3.33. The third-order valence-corrected chi connectivity index (χ3v) is 2.34. The molecule has 84 valence electrons. The minimum absolute atomic E-state index is 0.258. The van der Waals surface area contributed by atoms with Gasteiger partial charge in [0.1, 0.15) is 0 Å². The number of nitrogens with zero attached hydrogens (tertiary/aromatic N) is 1. The Balaban J connectivity index is 2.66. The lowest BCUT2D eigenvalue weighted by Crippen LogP contribution is -2.31. The van der Waals surface area contributed by atoms with Crippen LogP contribution in [0.3, 0.4) is 0 Å². The quantitative estimate of drug-likeness (QED) is 0.775. The van der Waals surface area contributed by atoms with Gasteiger partial charge in [-0.25, -0.2) is 0 Å². The molecule has 0 amide bonds. The van der Waals surface area contributed by atoms with Crippen LogP contribution in [-0.2, 0) is 0 Å². The van der Waals surface area contributed by atoms with Gasteiger partial charge in [-0.15, -0.1) is 0 Å². The maximum atomic E-state index is 9.25. The number of aliphatic hydroxyl groups is 1. The Labute approximate surface area is 91.5 Å². The molecule has 1 aromatic rings. The second-order valence-electron chi connectivity index (χ2n) is 4.27. The number of aliphatic hydroxyl groups excluding tert-OH is 1. The lowest BCUT2D eigenvalue weighted by Gasteiger charge is -2.23. The Bertz CT molecular complexity index is 272. The maximum Gasteiger partial charge on any atom is 0.0636 e. The fraction of sp³-hybridized carbons (Fsp3) is 0.583. The number of aromatic nitrogens is 1. The smallest absolute Gasteiger partial charge is 0.0636 e. The van der Waals surface area contributed by atoms with Gasteiger partial charge in [-0.05, 0) is 24.5 Å². The molecule has 1 aromatic heterocycles. The average molecular weight is 208 g/mol. The van der Waals surface area contributed by atoms with Gasteiger partial charge in [-0.1, -0.05) is 19.9 Å². The first-order valence-corrected chi connectivity index (χ1v) is 5.42. The second-order valence-corrected chi connectivity index (χ2v) is 4.27. The Hall–Kier alpha value is -0.930. The summed E-state index contributed by atoms with van der Waals surface area (Å²) >= 11 is 0. The van der Waals surface area contributed by atoms with Gasteiger partial charge in [0.2, 0.25) is 0 Å². The van der Waals surface area contributed by atoms with E-state index >= 15 is 0 Å². The van der Waals surface area contributed by atoms with E-state index in [0.717, 1.165) is 0 Å². The summed E-state index contributed by atoms with van der Waals surface area (Å²) < 4.78 is 0. The van der Waals surface area contributed by atoms with Gasteiger partial charge >= 0.3 is 0 Å². The molecule has 0 spiro atoms. The van der Waals surface area contributed by atoms with Crippen LogP contribution in [0.2, 0.25) is 0 Å². The van der Waals surface area contributed by atoms with Crippen LogP contribution in [0.1, 0.15) is 32.4 Å². The zero-order valence-corrected chi connectivity index (χ0v) is 9.64. The van der Waals surface area contributed by atoms with Crippen LogP contribution >= 0.6 is 0 Å². The Morgan fingerprint density at radius 3 is 2.60 bits per heavy atom. The molecule has 0 saturated carbocycles. The number of pyridine rings is 1. The third kappa shape index (κ3) is 3.98. The molecule has 0 radical (unpaired) electrons. The Morgan fingerprint density at radius 1 is 1.40 bits per heavy atom. The van der Waals surface area contributed by atoms with Crippen molar-refractivity contribution in [1.29, 1.82) is 0 Å².